The summed E-state index contributed by atoms with van der Waals surface area (Å²) in [6, 6.07) is 0. The molecule has 0 aromatic carbocycles. The highest BCUT2D eigenvalue weighted by molar-refractivity contribution is 4.31. The Morgan fingerprint density at radius 1 is 1.62 bits per heavy atom. The monoisotopic (exact) mass is 120 g/mol. The van der Waals surface area contributed by atoms with Gasteiger partial charge in [0.25, 0.3) is 0 Å². The molecule has 1 atom stereocenters. The number of unbranched alkanes of at least 4 members (excludes halogenated alkanes) is 1. The highest BCUT2D eigenvalue weighted by atomic mass is 19.1. The number of hydrogen-bond acceptors (Lipinski definition) is 1. The van der Waals surface area contributed by atoms with Crippen LogP contribution in [0.25, 0.3) is 0 Å². The van der Waals surface area contributed by atoms with Gasteiger partial charge in [0, 0.05) is 0 Å². The molecule has 0 saturated heterocycles. The van der Waals surface area contributed by atoms with E-state index < -0.39 is 6.36 Å². The van der Waals surface area contributed by atoms with Gasteiger partial charge in [-0.2, -0.15) is 0 Å². The van der Waals surface area contributed by atoms with Crippen molar-refractivity contribution in [3.63, 3.8) is 0 Å². The first-order valence-corrected chi connectivity index (χ1v) is 3.03. The quantitative estimate of drug-likeness (QED) is 0.516. The van der Waals surface area contributed by atoms with Gasteiger partial charge in [-0.25, -0.2) is 4.39 Å². The fourth-order valence-corrected chi connectivity index (χ4v) is 0.390. The normalized spacial score (nSPS) is 13.9. The van der Waals surface area contributed by atoms with E-state index in [-0.39, 0.29) is 0 Å². The number of halogens is 1. The standard InChI is InChI=1S/C6H13FO/c1-3-4-5-8-6(2)7/h6H,3-5H2,1-2H3. The van der Waals surface area contributed by atoms with Crippen LogP contribution in [0.2, 0.25) is 0 Å². The van der Waals surface area contributed by atoms with Crippen molar-refractivity contribution in [1.82, 2.24) is 0 Å². The fourth-order valence-electron chi connectivity index (χ4n) is 0.390. The summed E-state index contributed by atoms with van der Waals surface area (Å²) in [6.07, 6.45) is 0.919. The maximum atomic E-state index is 11.8. The van der Waals surface area contributed by atoms with Crippen molar-refractivity contribution in [2.75, 3.05) is 6.61 Å². The molecule has 8 heavy (non-hydrogen) atoms. The molecule has 0 rings (SSSR count). The van der Waals surface area contributed by atoms with Gasteiger partial charge in [-0.05, 0) is 13.3 Å². The van der Waals surface area contributed by atoms with Gasteiger partial charge in [-0.15, -0.1) is 0 Å². The molecule has 0 aliphatic rings. The number of hydrogen-bond donors (Lipinski definition) is 0. The highest BCUT2D eigenvalue weighted by Crippen LogP contribution is 1.94. The Labute approximate surface area is 49.8 Å². The molecule has 2 heteroatoms. The van der Waals surface area contributed by atoms with Crippen molar-refractivity contribution in [1.29, 1.82) is 0 Å². The molecule has 0 spiro atoms. The van der Waals surface area contributed by atoms with E-state index in [0.717, 1.165) is 12.8 Å². The Morgan fingerprint density at radius 3 is 2.62 bits per heavy atom. The molecule has 1 nitrogen and oxygen atoms in total. The Morgan fingerprint density at radius 2 is 2.25 bits per heavy atom. The van der Waals surface area contributed by atoms with Crippen LogP contribution in [0.5, 0.6) is 0 Å². The summed E-state index contributed by atoms with van der Waals surface area (Å²) in [5.74, 6) is 0. The second-order valence-electron chi connectivity index (χ2n) is 1.77. The Bertz CT molecular complexity index is 45.8. The Balaban J connectivity index is 2.72. The molecule has 0 amide bonds. The molecule has 50 valence electrons. The van der Waals surface area contributed by atoms with E-state index in [1.54, 1.807) is 0 Å². The van der Waals surface area contributed by atoms with Crippen molar-refractivity contribution >= 4 is 0 Å². The summed E-state index contributed by atoms with van der Waals surface area (Å²) in [5.41, 5.74) is 0. The van der Waals surface area contributed by atoms with E-state index >= 15 is 0 Å². The molecule has 0 radical (unpaired) electrons. The van der Waals surface area contributed by atoms with Crippen LogP contribution < -0.4 is 0 Å². The van der Waals surface area contributed by atoms with Crippen molar-refractivity contribution < 1.29 is 9.13 Å². The zero-order valence-corrected chi connectivity index (χ0v) is 5.48. The highest BCUT2D eigenvalue weighted by Gasteiger charge is 1.93. The van der Waals surface area contributed by atoms with Crippen LogP contribution in [-0.2, 0) is 4.74 Å². The Kier molecular flexibility index (Phi) is 4.97. The summed E-state index contributed by atoms with van der Waals surface area (Å²) in [6.45, 7) is 4.00. The van der Waals surface area contributed by atoms with E-state index in [1.807, 2.05) is 6.92 Å². The van der Waals surface area contributed by atoms with Crippen LogP contribution in [0, 0.1) is 0 Å². The SMILES string of the molecule is CCCCOC(C)F. The average molecular weight is 120 g/mol. The molecule has 0 aromatic rings. The second-order valence-corrected chi connectivity index (χ2v) is 1.77. The van der Waals surface area contributed by atoms with Crippen LogP contribution in [-0.4, -0.2) is 13.0 Å². The lowest BCUT2D eigenvalue weighted by atomic mass is 10.4. The molecular formula is C6H13FO. The molecule has 0 N–H and O–H groups in total. The average Bonchev–Trinajstić information content (AvgIpc) is 1.66. The van der Waals surface area contributed by atoms with Gasteiger partial charge in [-0.3, -0.25) is 0 Å². The van der Waals surface area contributed by atoms with Gasteiger partial charge < -0.3 is 4.74 Å². The van der Waals surface area contributed by atoms with Crippen molar-refractivity contribution in [3.05, 3.63) is 0 Å². The first-order chi connectivity index (χ1) is 3.77. The molecule has 0 aromatic heterocycles. The third-order valence-corrected chi connectivity index (χ3v) is 0.845. The minimum Gasteiger partial charge on any atom is -0.348 e. The first-order valence-electron chi connectivity index (χ1n) is 3.03. The maximum Gasteiger partial charge on any atom is 0.195 e. The van der Waals surface area contributed by atoms with E-state index in [1.165, 1.54) is 6.92 Å². The van der Waals surface area contributed by atoms with Gasteiger partial charge in [0.05, 0.1) is 6.61 Å². The number of alkyl halides is 1. The van der Waals surface area contributed by atoms with Crippen molar-refractivity contribution in [2.45, 2.75) is 33.0 Å². The number of rotatable bonds is 4. The fraction of sp³-hybridized carbons (Fsp3) is 1.00. The minimum absolute atomic E-state index is 0.550. The van der Waals surface area contributed by atoms with Gasteiger partial charge in [0.2, 0.25) is 0 Å². The van der Waals surface area contributed by atoms with E-state index in [0.29, 0.717) is 6.61 Å². The summed E-state index contributed by atoms with van der Waals surface area (Å²) in [4.78, 5) is 0. The van der Waals surface area contributed by atoms with Gasteiger partial charge in [0.15, 0.2) is 6.36 Å². The van der Waals surface area contributed by atoms with Gasteiger partial charge in [-0.1, -0.05) is 13.3 Å². The smallest absolute Gasteiger partial charge is 0.195 e. The lowest BCUT2D eigenvalue weighted by molar-refractivity contribution is -0.0253. The zero-order valence-electron chi connectivity index (χ0n) is 5.48. The van der Waals surface area contributed by atoms with Crippen molar-refractivity contribution in [2.24, 2.45) is 0 Å². The van der Waals surface area contributed by atoms with Crippen LogP contribution in [0.3, 0.4) is 0 Å². The lowest BCUT2D eigenvalue weighted by Crippen LogP contribution is -2.01. The zero-order chi connectivity index (χ0) is 6.41. The predicted octanol–water partition coefficient (Wildman–Crippen LogP) is 2.12. The molecule has 1 unspecified atom stereocenters. The third-order valence-electron chi connectivity index (χ3n) is 0.845. The van der Waals surface area contributed by atoms with Gasteiger partial charge in [0.1, 0.15) is 0 Å². The topological polar surface area (TPSA) is 9.23 Å². The molecular weight excluding hydrogens is 107 g/mol. The molecule has 0 aliphatic heterocycles. The lowest BCUT2D eigenvalue weighted by Gasteiger charge is -2.01. The maximum absolute atomic E-state index is 11.8. The second kappa shape index (κ2) is 5.04. The van der Waals surface area contributed by atoms with E-state index in [9.17, 15) is 4.39 Å². The minimum atomic E-state index is -1.10. The first kappa shape index (κ1) is 7.89. The van der Waals surface area contributed by atoms with Crippen LogP contribution in [0.15, 0.2) is 0 Å². The van der Waals surface area contributed by atoms with Crippen LogP contribution in [0.4, 0.5) is 4.39 Å². The summed E-state index contributed by atoms with van der Waals surface area (Å²) >= 11 is 0. The molecule has 0 fully saturated rings. The largest absolute Gasteiger partial charge is 0.348 e. The van der Waals surface area contributed by atoms with Crippen LogP contribution >= 0.6 is 0 Å². The summed E-state index contributed by atoms with van der Waals surface area (Å²) in [7, 11) is 0. The predicted molar refractivity (Wildman–Crippen MR) is 31.4 cm³/mol. The molecule has 0 bridgehead atoms. The number of ether oxygens (including phenoxy) is 1. The third kappa shape index (κ3) is 5.89. The van der Waals surface area contributed by atoms with E-state index in [4.69, 9.17) is 0 Å². The van der Waals surface area contributed by atoms with E-state index in [2.05, 4.69) is 4.74 Å². The Hall–Kier alpha value is -0.110. The summed E-state index contributed by atoms with van der Waals surface area (Å²) in [5, 5.41) is 0. The molecule has 0 heterocycles. The van der Waals surface area contributed by atoms with Gasteiger partial charge >= 0.3 is 0 Å². The molecule has 0 saturated carbocycles. The summed E-state index contributed by atoms with van der Waals surface area (Å²) < 4.78 is 16.4. The van der Waals surface area contributed by atoms with Crippen LogP contribution in [0.1, 0.15) is 26.7 Å². The molecule has 0 aliphatic carbocycles. The van der Waals surface area contributed by atoms with Crippen molar-refractivity contribution in [3.8, 4) is 0 Å².